The molecular weight excluding hydrogens is 418 g/mol. The van der Waals surface area contributed by atoms with Crippen molar-refractivity contribution in [2.75, 3.05) is 51.8 Å². The molecule has 1 amide bonds. The second-order valence-corrected chi connectivity index (χ2v) is 10.7. The van der Waals surface area contributed by atoms with Crippen LogP contribution in [0.15, 0.2) is 29.2 Å². The number of piperidine rings is 2. The van der Waals surface area contributed by atoms with Crippen LogP contribution in [0, 0.1) is 0 Å². The molecule has 3 aliphatic rings. The van der Waals surface area contributed by atoms with Crippen molar-refractivity contribution in [1.82, 2.24) is 9.21 Å². The molecule has 3 heterocycles. The van der Waals surface area contributed by atoms with Crippen molar-refractivity contribution in [3.05, 3.63) is 24.3 Å². The van der Waals surface area contributed by atoms with E-state index in [0.29, 0.717) is 25.3 Å². The molecule has 0 unspecified atom stereocenters. The highest BCUT2D eigenvalue weighted by molar-refractivity contribution is 7.89. The molecule has 3 aliphatic heterocycles. The minimum absolute atomic E-state index is 0.0729. The van der Waals surface area contributed by atoms with Crippen molar-refractivity contribution in [2.24, 2.45) is 0 Å². The number of benzene rings is 1. The molecule has 2 atom stereocenters. The molecule has 9 heteroatoms. The zero-order chi connectivity index (χ0) is 21.9. The van der Waals surface area contributed by atoms with E-state index in [1.54, 1.807) is 35.7 Å². The zero-order valence-corrected chi connectivity index (χ0v) is 19.0. The number of hydrogen-bond acceptors (Lipinski definition) is 6. The molecule has 1 aromatic carbocycles. The van der Waals surface area contributed by atoms with Crippen molar-refractivity contribution in [3.8, 4) is 0 Å². The molecule has 1 spiro atoms. The van der Waals surface area contributed by atoms with Gasteiger partial charge in [0.15, 0.2) is 0 Å². The second-order valence-electron chi connectivity index (χ2n) is 8.78. The monoisotopic (exact) mass is 451 g/mol. The van der Waals surface area contributed by atoms with Crippen LogP contribution in [0.4, 0.5) is 5.69 Å². The van der Waals surface area contributed by atoms with Gasteiger partial charge in [0.05, 0.1) is 17.5 Å². The Labute approximate surface area is 184 Å². The Bertz CT molecular complexity index is 862. The number of carbonyl (C=O) groups excluding carboxylic acids is 1. The minimum Gasteiger partial charge on any atom is -0.378 e. The van der Waals surface area contributed by atoms with E-state index in [2.05, 4.69) is 10.2 Å². The lowest BCUT2D eigenvalue weighted by atomic mass is 9.87. The predicted octanol–water partition coefficient (Wildman–Crippen LogP) is 2.07. The number of methoxy groups -OCH3 is 1. The summed E-state index contributed by atoms with van der Waals surface area (Å²) in [5.41, 5.74) is 0.291. The molecule has 3 saturated heterocycles. The van der Waals surface area contributed by atoms with Gasteiger partial charge in [-0.3, -0.25) is 9.69 Å². The maximum atomic E-state index is 12.8. The molecule has 4 rings (SSSR count). The predicted molar refractivity (Wildman–Crippen MR) is 117 cm³/mol. The molecule has 172 valence electrons. The second kappa shape index (κ2) is 9.54. The Morgan fingerprint density at radius 3 is 2.55 bits per heavy atom. The fourth-order valence-corrected chi connectivity index (χ4v) is 6.57. The molecule has 0 aliphatic carbocycles. The van der Waals surface area contributed by atoms with Crippen molar-refractivity contribution >= 4 is 21.6 Å². The smallest absolute Gasteiger partial charge is 0.243 e. The number of amides is 1. The summed E-state index contributed by atoms with van der Waals surface area (Å²) in [6.07, 6.45) is 5.77. The van der Waals surface area contributed by atoms with E-state index in [1.807, 2.05) is 0 Å². The van der Waals surface area contributed by atoms with Crippen molar-refractivity contribution < 1.29 is 22.7 Å². The highest BCUT2D eigenvalue weighted by Crippen LogP contribution is 2.36. The van der Waals surface area contributed by atoms with Crippen LogP contribution in [-0.4, -0.2) is 81.7 Å². The third kappa shape index (κ3) is 4.96. The summed E-state index contributed by atoms with van der Waals surface area (Å²) < 4.78 is 38.8. The average Bonchev–Trinajstić information content (AvgIpc) is 3.23. The molecule has 1 aromatic rings. The van der Waals surface area contributed by atoms with Crippen molar-refractivity contribution in [3.63, 3.8) is 0 Å². The highest BCUT2D eigenvalue weighted by Gasteiger charge is 2.47. The van der Waals surface area contributed by atoms with Gasteiger partial charge in [-0.15, -0.1) is 0 Å². The van der Waals surface area contributed by atoms with Crippen LogP contribution in [0.2, 0.25) is 0 Å². The largest absolute Gasteiger partial charge is 0.378 e. The van der Waals surface area contributed by atoms with Gasteiger partial charge in [-0.25, -0.2) is 8.42 Å². The first-order valence-corrected chi connectivity index (χ1v) is 12.7. The SMILES string of the molecule is CO[C@H]1CCN(CC(=O)Nc2ccc(S(=O)(=O)N3CCCCC3)cc2)C[C@@]12CCCO2. The third-order valence-corrected chi connectivity index (χ3v) is 8.57. The maximum absolute atomic E-state index is 12.8. The number of ether oxygens (including phenoxy) is 2. The fourth-order valence-electron chi connectivity index (χ4n) is 5.06. The standard InChI is InChI=1S/C22H33N3O5S/c1-29-20-10-14-24(17-22(20)11-5-15-30-22)16-21(26)23-18-6-8-19(9-7-18)31(27,28)25-12-3-2-4-13-25/h6-9,20H,2-5,10-17H2,1H3,(H,23,26)/t20-,22-/m0/s1. The quantitative estimate of drug-likeness (QED) is 0.712. The summed E-state index contributed by atoms with van der Waals surface area (Å²) in [4.78, 5) is 15.0. The van der Waals surface area contributed by atoms with Crippen LogP contribution in [0.5, 0.6) is 0 Å². The highest BCUT2D eigenvalue weighted by atomic mass is 32.2. The van der Waals surface area contributed by atoms with Gasteiger partial charge >= 0.3 is 0 Å². The van der Waals surface area contributed by atoms with E-state index >= 15 is 0 Å². The topological polar surface area (TPSA) is 88.2 Å². The van der Waals surface area contributed by atoms with Gasteiger partial charge in [0.1, 0.15) is 5.60 Å². The molecule has 0 saturated carbocycles. The average molecular weight is 452 g/mol. The first kappa shape index (κ1) is 22.7. The van der Waals surface area contributed by atoms with Gasteiger partial charge in [-0.2, -0.15) is 4.31 Å². The summed E-state index contributed by atoms with van der Waals surface area (Å²) in [6.45, 7) is 3.63. The summed E-state index contributed by atoms with van der Waals surface area (Å²) in [6, 6.07) is 6.47. The number of nitrogens with one attached hydrogen (secondary N) is 1. The molecule has 0 radical (unpaired) electrons. The molecule has 0 bridgehead atoms. The molecule has 1 N–H and O–H groups in total. The van der Waals surface area contributed by atoms with Gasteiger partial charge < -0.3 is 14.8 Å². The lowest BCUT2D eigenvalue weighted by molar-refractivity contribution is -0.146. The number of nitrogens with zero attached hydrogens (tertiary/aromatic N) is 2. The lowest BCUT2D eigenvalue weighted by Gasteiger charge is -2.44. The summed E-state index contributed by atoms with van der Waals surface area (Å²) >= 11 is 0. The maximum Gasteiger partial charge on any atom is 0.243 e. The van der Waals surface area contributed by atoms with Crippen LogP contribution >= 0.6 is 0 Å². The summed E-state index contributed by atoms with van der Waals surface area (Å²) in [5, 5.41) is 2.89. The van der Waals surface area contributed by atoms with E-state index in [-0.39, 0.29) is 29.1 Å². The Balaban J connectivity index is 1.34. The van der Waals surface area contributed by atoms with Crippen molar-refractivity contribution in [2.45, 2.75) is 55.1 Å². The van der Waals surface area contributed by atoms with Gasteiger partial charge in [-0.05, 0) is 56.4 Å². The van der Waals surface area contributed by atoms with E-state index < -0.39 is 10.0 Å². The molecule has 0 aromatic heterocycles. The number of anilines is 1. The van der Waals surface area contributed by atoms with E-state index in [1.165, 1.54) is 0 Å². The minimum atomic E-state index is -3.46. The van der Waals surface area contributed by atoms with Gasteiger partial charge in [0, 0.05) is 45.6 Å². The first-order valence-electron chi connectivity index (χ1n) is 11.2. The fraction of sp³-hybridized carbons (Fsp3) is 0.682. The normalized spacial score (nSPS) is 28.1. The van der Waals surface area contributed by atoms with Crippen LogP contribution in [-0.2, 0) is 24.3 Å². The molecule has 31 heavy (non-hydrogen) atoms. The van der Waals surface area contributed by atoms with Crippen LogP contribution in [0.25, 0.3) is 0 Å². The third-order valence-electron chi connectivity index (χ3n) is 6.66. The van der Waals surface area contributed by atoms with E-state index in [0.717, 1.165) is 51.7 Å². The van der Waals surface area contributed by atoms with E-state index in [4.69, 9.17) is 9.47 Å². The Morgan fingerprint density at radius 1 is 1.16 bits per heavy atom. The first-order chi connectivity index (χ1) is 14.9. The number of sulfonamides is 1. The summed E-state index contributed by atoms with van der Waals surface area (Å²) in [7, 11) is -1.74. The Kier molecular flexibility index (Phi) is 6.98. The molecular formula is C22H33N3O5S. The van der Waals surface area contributed by atoms with Crippen LogP contribution in [0.3, 0.4) is 0 Å². The molecule has 3 fully saturated rings. The van der Waals surface area contributed by atoms with Gasteiger partial charge in [0.25, 0.3) is 0 Å². The van der Waals surface area contributed by atoms with Crippen molar-refractivity contribution in [1.29, 1.82) is 0 Å². The van der Waals surface area contributed by atoms with Gasteiger partial charge in [-0.1, -0.05) is 6.42 Å². The Morgan fingerprint density at radius 2 is 1.90 bits per heavy atom. The molecule has 8 nitrogen and oxygen atoms in total. The number of rotatable bonds is 6. The number of hydrogen-bond donors (Lipinski definition) is 1. The zero-order valence-electron chi connectivity index (χ0n) is 18.2. The van der Waals surface area contributed by atoms with Crippen LogP contribution in [0.1, 0.15) is 38.5 Å². The summed E-state index contributed by atoms with van der Waals surface area (Å²) in [5.74, 6) is -0.115. The lowest BCUT2D eigenvalue weighted by Crippen LogP contribution is -2.58. The van der Waals surface area contributed by atoms with E-state index in [9.17, 15) is 13.2 Å². The Hall–Kier alpha value is -1.52. The van der Waals surface area contributed by atoms with Crippen LogP contribution < -0.4 is 5.32 Å². The van der Waals surface area contributed by atoms with Gasteiger partial charge in [0.2, 0.25) is 15.9 Å². The number of carbonyl (C=O) groups is 1. The number of likely N-dealkylation sites (tertiary alicyclic amines) is 1.